The van der Waals surface area contributed by atoms with E-state index >= 15 is 0 Å². The number of alkyl halides is 2. The van der Waals surface area contributed by atoms with Crippen LogP contribution in [0, 0.1) is 5.82 Å². The summed E-state index contributed by atoms with van der Waals surface area (Å²) in [5.41, 5.74) is 4.55. The third kappa shape index (κ3) is 3.59. The molecular weight excluding hydrogens is 403 g/mol. The van der Waals surface area contributed by atoms with Crippen LogP contribution in [0.3, 0.4) is 0 Å². The molecule has 7 heteroatoms. The average molecular weight is 429 g/mol. The Morgan fingerprint density at radius 2 is 1.90 bits per heavy atom. The Bertz CT molecular complexity index is 1060. The van der Waals surface area contributed by atoms with Gasteiger partial charge >= 0.3 is 0 Å². The van der Waals surface area contributed by atoms with Crippen molar-refractivity contribution in [2.24, 2.45) is 0 Å². The van der Waals surface area contributed by atoms with Crippen molar-refractivity contribution in [1.29, 1.82) is 0 Å². The predicted molar refractivity (Wildman–Crippen MR) is 114 cm³/mol. The monoisotopic (exact) mass is 429 g/mol. The highest BCUT2D eigenvalue weighted by atomic mass is 19.3. The maximum absolute atomic E-state index is 14.8. The molecule has 164 valence electrons. The zero-order valence-corrected chi connectivity index (χ0v) is 17.7. The van der Waals surface area contributed by atoms with E-state index in [1.165, 1.54) is 6.07 Å². The van der Waals surface area contributed by atoms with Crippen LogP contribution in [-0.4, -0.2) is 31.5 Å². The molecule has 5 rings (SSSR count). The maximum atomic E-state index is 14.8. The predicted octanol–water partition coefficient (Wildman–Crippen LogP) is 4.33. The molecule has 31 heavy (non-hydrogen) atoms. The van der Waals surface area contributed by atoms with Crippen molar-refractivity contribution in [1.82, 2.24) is 5.32 Å². The standard InChI is InChI=1S/C24H26F3N3O/c1-23(2)7-5-15-9-16(11-19(25)20(15)23)29-22(31)21-18-4-3-17(10-14(18)6-8-28-21)30-12-24(26,27)13-30/h3-4,9-11,21,28H,5-8,12-13H2,1-2H3,(H,29,31)/t21-/m1/s1. The highest BCUT2D eigenvalue weighted by Crippen LogP contribution is 2.41. The zero-order valence-electron chi connectivity index (χ0n) is 17.7. The second kappa shape index (κ2) is 6.99. The summed E-state index contributed by atoms with van der Waals surface area (Å²) in [7, 11) is 0. The Labute approximate surface area is 179 Å². The Kier molecular flexibility index (Phi) is 4.59. The molecule has 0 radical (unpaired) electrons. The molecule has 2 aromatic rings. The highest BCUT2D eigenvalue weighted by molar-refractivity contribution is 5.96. The average Bonchev–Trinajstić information content (AvgIpc) is 3.00. The third-order valence-electron chi connectivity index (χ3n) is 6.79. The van der Waals surface area contributed by atoms with E-state index in [0.717, 1.165) is 47.2 Å². The van der Waals surface area contributed by atoms with Gasteiger partial charge in [0.2, 0.25) is 5.91 Å². The van der Waals surface area contributed by atoms with Gasteiger partial charge in [-0.1, -0.05) is 19.9 Å². The summed E-state index contributed by atoms with van der Waals surface area (Å²) in [5, 5.41) is 6.10. The lowest BCUT2D eigenvalue weighted by Crippen LogP contribution is -2.56. The van der Waals surface area contributed by atoms with Crippen LogP contribution in [0.15, 0.2) is 30.3 Å². The minimum Gasteiger partial charge on any atom is -0.359 e. The van der Waals surface area contributed by atoms with Crippen LogP contribution >= 0.6 is 0 Å². The fourth-order valence-electron chi connectivity index (χ4n) is 5.15. The maximum Gasteiger partial charge on any atom is 0.282 e. The summed E-state index contributed by atoms with van der Waals surface area (Å²) in [6.45, 7) is 4.15. The van der Waals surface area contributed by atoms with Crippen molar-refractivity contribution in [3.63, 3.8) is 0 Å². The summed E-state index contributed by atoms with van der Waals surface area (Å²) in [4.78, 5) is 14.7. The van der Waals surface area contributed by atoms with Gasteiger partial charge in [0.05, 0.1) is 13.1 Å². The number of fused-ring (bicyclic) bond motifs is 2. The summed E-state index contributed by atoms with van der Waals surface area (Å²) < 4.78 is 41.2. The second-order valence-electron chi connectivity index (χ2n) is 9.60. The fraction of sp³-hybridized carbons (Fsp3) is 0.458. The van der Waals surface area contributed by atoms with Crippen molar-refractivity contribution in [3.05, 3.63) is 58.4 Å². The quantitative estimate of drug-likeness (QED) is 0.764. The molecule has 1 amide bonds. The first kappa shape index (κ1) is 20.4. The van der Waals surface area contributed by atoms with Crippen molar-refractivity contribution in [2.45, 2.75) is 50.5 Å². The molecule has 0 bridgehead atoms. The van der Waals surface area contributed by atoms with Gasteiger partial charge < -0.3 is 15.5 Å². The minimum atomic E-state index is -2.62. The molecule has 4 nitrogen and oxygen atoms in total. The van der Waals surface area contributed by atoms with Crippen molar-refractivity contribution >= 4 is 17.3 Å². The van der Waals surface area contributed by atoms with E-state index in [1.54, 1.807) is 11.0 Å². The van der Waals surface area contributed by atoms with Gasteiger partial charge in [-0.2, -0.15) is 0 Å². The van der Waals surface area contributed by atoms with E-state index in [4.69, 9.17) is 0 Å². The number of nitrogens with one attached hydrogen (secondary N) is 2. The van der Waals surface area contributed by atoms with Crippen LogP contribution in [-0.2, 0) is 23.1 Å². The molecule has 0 spiro atoms. The lowest BCUT2D eigenvalue weighted by molar-refractivity contribution is -0.118. The van der Waals surface area contributed by atoms with Gasteiger partial charge in [-0.05, 0) is 71.2 Å². The molecule has 0 aromatic heterocycles. The minimum absolute atomic E-state index is 0.191. The Balaban J connectivity index is 1.35. The van der Waals surface area contributed by atoms with E-state index in [-0.39, 0.29) is 30.2 Å². The topological polar surface area (TPSA) is 44.4 Å². The molecule has 2 N–H and O–H groups in total. The number of halogens is 3. The molecule has 0 saturated carbocycles. The molecular formula is C24H26F3N3O. The van der Waals surface area contributed by atoms with Gasteiger partial charge in [0.15, 0.2) is 0 Å². The number of benzene rings is 2. The number of hydrogen-bond donors (Lipinski definition) is 2. The number of hydrogen-bond acceptors (Lipinski definition) is 3. The number of anilines is 2. The smallest absolute Gasteiger partial charge is 0.282 e. The number of amides is 1. The van der Waals surface area contributed by atoms with Crippen LogP contribution in [0.5, 0.6) is 0 Å². The molecule has 1 atom stereocenters. The first-order valence-electron chi connectivity index (χ1n) is 10.8. The fourth-order valence-corrected chi connectivity index (χ4v) is 5.15. The van der Waals surface area contributed by atoms with E-state index in [1.807, 2.05) is 32.0 Å². The van der Waals surface area contributed by atoms with Crippen molar-refractivity contribution < 1.29 is 18.0 Å². The second-order valence-corrected chi connectivity index (χ2v) is 9.60. The van der Waals surface area contributed by atoms with E-state index in [2.05, 4.69) is 10.6 Å². The lowest BCUT2D eigenvalue weighted by Gasteiger charge is -2.41. The van der Waals surface area contributed by atoms with E-state index < -0.39 is 12.0 Å². The van der Waals surface area contributed by atoms with Gasteiger partial charge in [-0.15, -0.1) is 0 Å². The first-order chi connectivity index (χ1) is 14.6. The van der Waals surface area contributed by atoms with Gasteiger partial charge in [-0.3, -0.25) is 4.79 Å². The van der Waals surface area contributed by atoms with Gasteiger partial charge in [0.1, 0.15) is 11.9 Å². The normalized spacial score (nSPS) is 23.0. The third-order valence-corrected chi connectivity index (χ3v) is 6.79. The number of aryl methyl sites for hydroxylation is 1. The number of carbonyl (C=O) groups is 1. The lowest BCUT2D eigenvalue weighted by atomic mass is 9.86. The van der Waals surface area contributed by atoms with E-state index in [0.29, 0.717) is 12.2 Å². The van der Waals surface area contributed by atoms with Crippen LogP contribution < -0.4 is 15.5 Å². The zero-order chi connectivity index (χ0) is 22.0. The Hall–Kier alpha value is -2.54. The van der Waals surface area contributed by atoms with Crippen molar-refractivity contribution in [2.75, 3.05) is 29.9 Å². The Morgan fingerprint density at radius 1 is 1.13 bits per heavy atom. The molecule has 1 aliphatic carbocycles. The van der Waals surface area contributed by atoms with Gasteiger partial charge in [0, 0.05) is 17.9 Å². The van der Waals surface area contributed by atoms with Gasteiger partial charge in [0.25, 0.3) is 5.92 Å². The Morgan fingerprint density at radius 3 is 2.65 bits per heavy atom. The molecule has 1 saturated heterocycles. The van der Waals surface area contributed by atoms with Crippen LogP contribution in [0.2, 0.25) is 0 Å². The largest absolute Gasteiger partial charge is 0.359 e. The number of carbonyl (C=O) groups excluding carboxylic acids is 1. The molecule has 2 heterocycles. The van der Waals surface area contributed by atoms with Crippen LogP contribution in [0.1, 0.15) is 48.6 Å². The van der Waals surface area contributed by atoms with Crippen molar-refractivity contribution in [3.8, 4) is 0 Å². The molecule has 1 fully saturated rings. The molecule has 0 unspecified atom stereocenters. The SMILES string of the molecule is CC1(C)CCc2cc(NC(=O)[C@@H]3NCCc4cc(N5CC(F)(F)C5)ccc43)cc(F)c21. The van der Waals surface area contributed by atoms with Gasteiger partial charge in [-0.25, -0.2) is 13.2 Å². The summed E-state index contributed by atoms with van der Waals surface area (Å²) in [6.07, 6.45) is 2.41. The van der Waals surface area contributed by atoms with Crippen LogP contribution in [0.25, 0.3) is 0 Å². The van der Waals surface area contributed by atoms with Crippen LogP contribution in [0.4, 0.5) is 24.5 Å². The molecule has 2 aliphatic heterocycles. The van der Waals surface area contributed by atoms with E-state index in [9.17, 15) is 18.0 Å². The first-order valence-corrected chi connectivity index (χ1v) is 10.8. The number of rotatable bonds is 3. The summed E-state index contributed by atoms with van der Waals surface area (Å²) in [6, 6.07) is 8.25. The summed E-state index contributed by atoms with van der Waals surface area (Å²) >= 11 is 0. The molecule has 2 aromatic carbocycles. The number of nitrogens with zero attached hydrogens (tertiary/aromatic N) is 1. The molecule has 3 aliphatic rings. The summed E-state index contributed by atoms with van der Waals surface area (Å²) in [5.74, 6) is -3.15. The highest BCUT2D eigenvalue weighted by Gasteiger charge is 2.44.